The molecule has 0 saturated carbocycles. The third kappa shape index (κ3) is 4.48. The van der Waals surface area contributed by atoms with E-state index in [1.807, 2.05) is 0 Å². The summed E-state index contributed by atoms with van der Waals surface area (Å²) in [6.45, 7) is 1.33. The fourth-order valence-corrected chi connectivity index (χ4v) is 1.99. The van der Waals surface area contributed by atoms with E-state index in [1.165, 1.54) is 20.1 Å². The molecule has 2 rings (SSSR count). The van der Waals surface area contributed by atoms with Crippen molar-refractivity contribution in [3.8, 4) is 5.75 Å². The average molecular weight is 369 g/mol. The second kappa shape index (κ2) is 7.67. The molecule has 0 aliphatic carbocycles. The van der Waals surface area contributed by atoms with Crippen molar-refractivity contribution < 1.29 is 28.4 Å². The Kier molecular flexibility index (Phi) is 5.60. The highest BCUT2D eigenvalue weighted by Gasteiger charge is 2.24. The van der Waals surface area contributed by atoms with Crippen LogP contribution < -0.4 is 10.1 Å². The summed E-state index contributed by atoms with van der Waals surface area (Å²) in [5.41, 5.74) is 0.302. The first kappa shape index (κ1) is 18.3. The van der Waals surface area contributed by atoms with Crippen molar-refractivity contribution >= 4 is 35.0 Å². The third-order valence-electron chi connectivity index (χ3n) is 3.05. The number of benzene rings is 1. The van der Waals surface area contributed by atoms with E-state index in [2.05, 4.69) is 5.32 Å². The Balaban J connectivity index is 2.03. The molecule has 1 amide bonds. The summed E-state index contributed by atoms with van der Waals surface area (Å²) in [5, 5.41) is 13.4. The van der Waals surface area contributed by atoms with Crippen molar-refractivity contribution in [3.05, 3.63) is 51.2 Å². The minimum absolute atomic E-state index is 0.302. The van der Waals surface area contributed by atoms with E-state index in [0.717, 1.165) is 12.1 Å². The maximum Gasteiger partial charge on any atom is 0.433 e. The van der Waals surface area contributed by atoms with E-state index in [1.54, 1.807) is 12.1 Å². The summed E-state index contributed by atoms with van der Waals surface area (Å²) < 4.78 is 14.7. The first-order valence-corrected chi connectivity index (χ1v) is 7.29. The number of nitrogens with one attached hydrogen (secondary N) is 1. The number of carbonyl (C=O) groups excluding carboxylic acids is 2. The highest BCUT2D eigenvalue weighted by molar-refractivity contribution is 6.31. The van der Waals surface area contributed by atoms with Crippen molar-refractivity contribution in [3.63, 3.8) is 0 Å². The first-order valence-electron chi connectivity index (χ1n) is 6.91. The predicted molar refractivity (Wildman–Crippen MR) is 86.9 cm³/mol. The molecule has 0 spiro atoms. The Morgan fingerprint density at radius 1 is 1.32 bits per heavy atom. The zero-order chi connectivity index (χ0) is 18.6. The number of anilines is 1. The lowest BCUT2D eigenvalue weighted by molar-refractivity contribution is -0.402. The fourth-order valence-electron chi connectivity index (χ4n) is 1.82. The molecule has 1 aromatic carbocycles. The van der Waals surface area contributed by atoms with Gasteiger partial charge in [0, 0.05) is 5.02 Å². The number of halogens is 1. The Morgan fingerprint density at radius 2 is 2.04 bits per heavy atom. The number of nitrogens with zero attached hydrogens (tertiary/aromatic N) is 1. The molecule has 1 aromatic heterocycles. The molecule has 0 radical (unpaired) electrons. The van der Waals surface area contributed by atoms with Crippen LogP contribution in [0.3, 0.4) is 0 Å². The van der Waals surface area contributed by atoms with Gasteiger partial charge in [-0.3, -0.25) is 14.9 Å². The van der Waals surface area contributed by atoms with Crippen LogP contribution in [0.25, 0.3) is 0 Å². The summed E-state index contributed by atoms with van der Waals surface area (Å²) in [5.74, 6) is -2.26. The van der Waals surface area contributed by atoms with Gasteiger partial charge in [-0.05, 0) is 31.2 Å². The number of rotatable bonds is 6. The Labute approximate surface area is 146 Å². The maximum absolute atomic E-state index is 12.1. The summed E-state index contributed by atoms with van der Waals surface area (Å²) in [7, 11) is 1.42. The molecule has 25 heavy (non-hydrogen) atoms. The molecule has 1 heterocycles. The number of carbonyl (C=O) groups is 2. The number of amides is 1. The normalized spacial score (nSPS) is 11.5. The molecule has 132 valence electrons. The van der Waals surface area contributed by atoms with Crippen LogP contribution in [0.4, 0.5) is 11.6 Å². The van der Waals surface area contributed by atoms with Gasteiger partial charge in [-0.1, -0.05) is 11.6 Å². The van der Waals surface area contributed by atoms with Gasteiger partial charge < -0.3 is 19.2 Å². The van der Waals surface area contributed by atoms with Gasteiger partial charge >= 0.3 is 11.9 Å². The van der Waals surface area contributed by atoms with Crippen LogP contribution in [-0.2, 0) is 9.53 Å². The van der Waals surface area contributed by atoms with Crippen molar-refractivity contribution in [2.45, 2.75) is 13.0 Å². The molecule has 1 atom stereocenters. The van der Waals surface area contributed by atoms with Gasteiger partial charge in [0.2, 0.25) is 5.76 Å². The van der Waals surface area contributed by atoms with E-state index in [0.29, 0.717) is 16.5 Å². The molecule has 0 saturated heterocycles. The van der Waals surface area contributed by atoms with Crippen LogP contribution in [0.15, 0.2) is 34.7 Å². The summed E-state index contributed by atoms with van der Waals surface area (Å²) in [4.78, 5) is 33.7. The number of esters is 1. The molecule has 1 N–H and O–H groups in total. The molecule has 0 fully saturated rings. The lowest BCUT2D eigenvalue weighted by Crippen LogP contribution is -2.30. The summed E-state index contributed by atoms with van der Waals surface area (Å²) in [6.07, 6.45) is -1.19. The van der Waals surface area contributed by atoms with E-state index < -0.39 is 28.8 Å². The van der Waals surface area contributed by atoms with Gasteiger partial charge in [0.05, 0.1) is 18.9 Å². The standard InChI is InChI=1S/C15H13ClN2O7/c1-8(24-15(20)12-5-6-13(25-12)18(21)22)14(19)17-10-7-9(16)3-4-11(10)23-2/h3-8H,1-2H3,(H,17,19)/t8-/m1/s1. The summed E-state index contributed by atoms with van der Waals surface area (Å²) >= 11 is 5.87. The predicted octanol–water partition coefficient (Wildman–Crippen LogP) is 3.03. The number of furan rings is 1. The second-order valence-electron chi connectivity index (χ2n) is 4.78. The quantitative estimate of drug-likeness (QED) is 0.472. The van der Waals surface area contributed by atoms with Gasteiger partial charge in [0.25, 0.3) is 5.91 Å². The van der Waals surface area contributed by atoms with Gasteiger partial charge in [0.1, 0.15) is 10.7 Å². The minimum Gasteiger partial charge on any atom is -0.495 e. The third-order valence-corrected chi connectivity index (χ3v) is 3.28. The monoisotopic (exact) mass is 368 g/mol. The van der Waals surface area contributed by atoms with Gasteiger partial charge in [-0.25, -0.2) is 4.79 Å². The number of hydrogen-bond acceptors (Lipinski definition) is 7. The fraction of sp³-hybridized carbons (Fsp3) is 0.200. The maximum atomic E-state index is 12.1. The van der Waals surface area contributed by atoms with Gasteiger partial charge in [0.15, 0.2) is 6.10 Å². The Morgan fingerprint density at radius 3 is 2.64 bits per heavy atom. The smallest absolute Gasteiger partial charge is 0.433 e. The van der Waals surface area contributed by atoms with Crippen LogP contribution in [0, 0.1) is 10.1 Å². The van der Waals surface area contributed by atoms with E-state index in [4.69, 9.17) is 25.5 Å². The van der Waals surface area contributed by atoms with Crippen molar-refractivity contribution in [1.29, 1.82) is 0 Å². The average Bonchev–Trinajstić information content (AvgIpc) is 3.05. The molecule has 0 bridgehead atoms. The van der Waals surface area contributed by atoms with Crippen molar-refractivity contribution in [1.82, 2.24) is 0 Å². The van der Waals surface area contributed by atoms with Crippen LogP contribution in [0.2, 0.25) is 5.02 Å². The molecule has 10 heteroatoms. The SMILES string of the molecule is COc1ccc(Cl)cc1NC(=O)[C@@H](C)OC(=O)c1ccc([N+](=O)[O-])o1. The van der Waals surface area contributed by atoms with Gasteiger partial charge in [-0.15, -0.1) is 0 Å². The molecule has 0 aliphatic heterocycles. The van der Waals surface area contributed by atoms with Crippen LogP contribution in [-0.4, -0.2) is 30.0 Å². The zero-order valence-electron chi connectivity index (χ0n) is 13.1. The first-order chi connectivity index (χ1) is 11.8. The zero-order valence-corrected chi connectivity index (χ0v) is 13.9. The topological polar surface area (TPSA) is 121 Å². The van der Waals surface area contributed by atoms with Crippen LogP contribution in [0.5, 0.6) is 5.75 Å². The van der Waals surface area contributed by atoms with E-state index >= 15 is 0 Å². The molecule has 9 nitrogen and oxygen atoms in total. The molecule has 0 unspecified atom stereocenters. The summed E-state index contributed by atoms with van der Waals surface area (Å²) in [6, 6.07) is 6.73. The molecular weight excluding hydrogens is 356 g/mol. The van der Waals surface area contributed by atoms with Crippen molar-refractivity contribution in [2.75, 3.05) is 12.4 Å². The molecule has 0 aliphatic rings. The van der Waals surface area contributed by atoms with Crippen molar-refractivity contribution in [2.24, 2.45) is 0 Å². The van der Waals surface area contributed by atoms with Crippen LogP contribution in [0.1, 0.15) is 17.5 Å². The number of ether oxygens (including phenoxy) is 2. The lowest BCUT2D eigenvalue weighted by Gasteiger charge is -2.14. The highest BCUT2D eigenvalue weighted by Crippen LogP contribution is 2.28. The van der Waals surface area contributed by atoms with E-state index in [9.17, 15) is 19.7 Å². The number of methoxy groups -OCH3 is 1. The Hall–Kier alpha value is -3.07. The number of nitro groups is 1. The molecular formula is C15H13ClN2O7. The van der Waals surface area contributed by atoms with Gasteiger partial charge in [-0.2, -0.15) is 0 Å². The second-order valence-corrected chi connectivity index (χ2v) is 5.21. The van der Waals surface area contributed by atoms with Crippen LogP contribution >= 0.6 is 11.6 Å². The largest absolute Gasteiger partial charge is 0.495 e. The Bertz CT molecular complexity index is 818. The minimum atomic E-state index is -1.19. The van der Waals surface area contributed by atoms with E-state index in [-0.39, 0.29) is 5.76 Å². The lowest BCUT2D eigenvalue weighted by atomic mass is 10.2. The molecule has 2 aromatic rings. The highest BCUT2D eigenvalue weighted by atomic mass is 35.5. The number of hydrogen-bond donors (Lipinski definition) is 1.